The van der Waals surface area contributed by atoms with Crippen LogP contribution in [0, 0.1) is 0 Å². The van der Waals surface area contributed by atoms with E-state index in [0.29, 0.717) is 6.08 Å². The molecule has 0 aliphatic heterocycles. The van der Waals surface area contributed by atoms with Crippen molar-refractivity contribution in [2.45, 2.75) is 18.4 Å². The van der Waals surface area contributed by atoms with E-state index < -0.39 is 42.3 Å². The molecule has 0 bridgehead atoms. The molecule has 5 N–H and O–H groups in total. The smallest absolute Gasteiger partial charge is 0.349 e. The Balaban J connectivity index is 0. The lowest BCUT2D eigenvalue weighted by Crippen LogP contribution is -2.46. The van der Waals surface area contributed by atoms with Crippen molar-refractivity contribution in [1.29, 1.82) is 0 Å². The summed E-state index contributed by atoms with van der Waals surface area (Å²) in [5.41, 5.74) is -2.64. The van der Waals surface area contributed by atoms with Crippen molar-refractivity contribution in [1.82, 2.24) is 0 Å². The van der Waals surface area contributed by atoms with Gasteiger partial charge >= 0.3 is 23.9 Å². The Kier molecular flexibility index (Phi) is 7.00. The zero-order valence-electron chi connectivity index (χ0n) is 9.08. The van der Waals surface area contributed by atoms with Gasteiger partial charge in [-0.1, -0.05) is 6.58 Å². The summed E-state index contributed by atoms with van der Waals surface area (Å²) in [4.78, 5) is 42.8. The average molecular weight is 264 g/mol. The molecule has 9 nitrogen and oxygen atoms in total. The van der Waals surface area contributed by atoms with Crippen LogP contribution in [0.2, 0.25) is 0 Å². The Morgan fingerprint density at radius 2 is 1.44 bits per heavy atom. The van der Waals surface area contributed by atoms with E-state index in [1.54, 1.807) is 0 Å². The minimum atomic E-state index is -2.64. The minimum Gasteiger partial charge on any atom is -0.481 e. The molecule has 0 atom stereocenters. The van der Waals surface area contributed by atoms with Crippen LogP contribution in [0.3, 0.4) is 0 Å². The van der Waals surface area contributed by atoms with Crippen molar-refractivity contribution in [3.8, 4) is 0 Å². The maximum Gasteiger partial charge on any atom is 0.349 e. The van der Waals surface area contributed by atoms with E-state index in [0.717, 1.165) is 0 Å². The molecule has 0 aromatic rings. The number of carboxylic acids is 3. The number of hydrogen-bond donors (Lipinski definition) is 3. The summed E-state index contributed by atoms with van der Waals surface area (Å²) < 4.78 is 4.35. The second-order valence-corrected chi connectivity index (χ2v) is 3.07. The first-order valence-corrected chi connectivity index (χ1v) is 4.26. The lowest BCUT2D eigenvalue weighted by molar-refractivity contribution is -0.183. The summed E-state index contributed by atoms with van der Waals surface area (Å²) in [6, 6.07) is 0. The summed E-state index contributed by atoms with van der Waals surface area (Å²) >= 11 is 0. The summed E-state index contributed by atoms with van der Waals surface area (Å²) in [5, 5.41) is 25.9. The van der Waals surface area contributed by atoms with Crippen LogP contribution >= 0.6 is 0 Å². The third-order valence-corrected chi connectivity index (χ3v) is 1.73. The number of rotatable bonds is 7. The van der Waals surface area contributed by atoms with Crippen LogP contribution < -0.4 is 0 Å². The SMILES string of the molecule is C=CC(=O)OC(CC(=O)O)(CC(=O)O)C(=O)O.O. The molecule has 102 valence electrons. The van der Waals surface area contributed by atoms with Crippen molar-refractivity contribution >= 4 is 23.9 Å². The van der Waals surface area contributed by atoms with Gasteiger partial charge in [-0.05, 0) is 0 Å². The van der Waals surface area contributed by atoms with Gasteiger partial charge in [-0.3, -0.25) is 9.59 Å². The van der Waals surface area contributed by atoms with E-state index in [2.05, 4.69) is 11.3 Å². The fourth-order valence-electron chi connectivity index (χ4n) is 1.05. The quantitative estimate of drug-likeness (QED) is 0.374. The Labute approximate surface area is 101 Å². The molecule has 18 heavy (non-hydrogen) atoms. The van der Waals surface area contributed by atoms with Gasteiger partial charge in [-0.15, -0.1) is 0 Å². The number of carboxylic acid groups (broad SMARTS) is 3. The van der Waals surface area contributed by atoms with E-state index in [4.69, 9.17) is 15.3 Å². The van der Waals surface area contributed by atoms with Gasteiger partial charge in [0.05, 0.1) is 12.8 Å². The van der Waals surface area contributed by atoms with Gasteiger partial charge in [0, 0.05) is 6.08 Å². The summed E-state index contributed by atoms with van der Waals surface area (Å²) in [6.45, 7) is 3.00. The highest BCUT2D eigenvalue weighted by Crippen LogP contribution is 2.22. The lowest BCUT2D eigenvalue weighted by atomic mass is 9.95. The zero-order valence-corrected chi connectivity index (χ0v) is 9.08. The molecule has 0 saturated carbocycles. The second kappa shape index (κ2) is 7.01. The van der Waals surface area contributed by atoms with Crippen molar-refractivity contribution in [3.63, 3.8) is 0 Å². The van der Waals surface area contributed by atoms with Crippen LogP contribution in [0.25, 0.3) is 0 Å². The first-order valence-electron chi connectivity index (χ1n) is 4.26. The predicted molar refractivity (Wildman–Crippen MR) is 54.8 cm³/mol. The first-order chi connectivity index (χ1) is 7.73. The Morgan fingerprint density at radius 1 is 1.06 bits per heavy atom. The van der Waals surface area contributed by atoms with Gasteiger partial charge in [0.15, 0.2) is 0 Å². The fourth-order valence-corrected chi connectivity index (χ4v) is 1.05. The molecular weight excluding hydrogens is 252 g/mol. The Morgan fingerprint density at radius 3 is 1.67 bits per heavy atom. The molecule has 0 aliphatic carbocycles. The molecule has 0 aromatic carbocycles. The third kappa shape index (κ3) is 5.07. The predicted octanol–water partition coefficient (Wildman–Crippen LogP) is -1.34. The van der Waals surface area contributed by atoms with Crippen LogP contribution in [0.5, 0.6) is 0 Å². The van der Waals surface area contributed by atoms with E-state index in [1.165, 1.54) is 0 Å². The molecule has 0 rings (SSSR count). The molecule has 0 fully saturated rings. The number of carbonyl (C=O) groups is 4. The fraction of sp³-hybridized carbons (Fsp3) is 0.333. The van der Waals surface area contributed by atoms with Crippen LogP contribution in [-0.4, -0.2) is 50.3 Å². The number of aliphatic carboxylic acids is 3. The molecule has 0 spiro atoms. The van der Waals surface area contributed by atoms with Crippen LogP contribution in [0.1, 0.15) is 12.8 Å². The monoisotopic (exact) mass is 264 g/mol. The maximum atomic E-state index is 10.9. The standard InChI is InChI=1S/C9H10O8.H2O/c1-2-7(14)17-9(8(15)16,3-5(10)11)4-6(12)13;/h2H,1,3-4H2,(H,10,11)(H,12,13)(H,15,16);1H2. The summed E-state index contributed by atoms with van der Waals surface area (Å²) in [5.74, 6) is -6.27. The molecule has 9 heteroatoms. The molecule has 0 saturated heterocycles. The third-order valence-electron chi connectivity index (χ3n) is 1.73. The van der Waals surface area contributed by atoms with E-state index in [-0.39, 0.29) is 5.48 Å². The number of ether oxygens (including phenoxy) is 1. The molecular formula is C9H12O9. The largest absolute Gasteiger partial charge is 0.481 e. The van der Waals surface area contributed by atoms with Gasteiger partial charge in [-0.2, -0.15) is 0 Å². The maximum absolute atomic E-state index is 10.9. The van der Waals surface area contributed by atoms with Gasteiger partial charge in [0.25, 0.3) is 0 Å². The zero-order chi connectivity index (χ0) is 13.6. The normalized spacial score (nSPS) is 9.78. The van der Waals surface area contributed by atoms with Crippen molar-refractivity contribution in [3.05, 3.63) is 12.7 Å². The van der Waals surface area contributed by atoms with Crippen LogP contribution in [-0.2, 0) is 23.9 Å². The topological polar surface area (TPSA) is 170 Å². The minimum absolute atomic E-state index is 0. The molecule has 0 unspecified atom stereocenters. The molecule has 0 aromatic heterocycles. The lowest BCUT2D eigenvalue weighted by Gasteiger charge is -2.25. The number of hydrogen-bond acceptors (Lipinski definition) is 5. The Bertz CT molecular complexity index is 354. The average Bonchev–Trinajstić information content (AvgIpc) is 2.14. The highest BCUT2D eigenvalue weighted by atomic mass is 16.6. The van der Waals surface area contributed by atoms with Crippen LogP contribution in [0.15, 0.2) is 12.7 Å². The van der Waals surface area contributed by atoms with Crippen LogP contribution in [0.4, 0.5) is 0 Å². The Hall–Kier alpha value is -2.42. The van der Waals surface area contributed by atoms with Crippen molar-refractivity contribution in [2.75, 3.05) is 0 Å². The highest BCUT2D eigenvalue weighted by Gasteiger charge is 2.46. The summed E-state index contributed by atoms with van der Waals surface area (Å²) in [6.07, 6.45) is -1.70. The van der Waals surface area contributed by atoms with Gasteiger partial charge in [0.1, 0.15) is 0 Å². The van der Waals surface area contributed by atoms with Crippen molar-refractivity contribution in [2.24, 2.45) is 0 Å². The van der Waals surface area contributed by atoms with Gasteiger partial charge in [-0.25, -0.2) is 9.59 Å². The van der Waals surface area contributed by atoms with E-state index >= 15 is 0 Å². The van der Waals surface area contributed by atoms with Gasteiger partial charge < -0.3 is 25.5 Å². The number of carbonyl (C=O) groups excluding carboxylic acids is 1. The van der Waals surface area contributed by atoms with Crippen molar-refractivity contribution < 1.29 is 44.7 Å². The first kappa shape index (κ1) is 18.0. The highest BCUT2D eigenvalue weighted by molar-refractivity contribution is 5.92. The molecule has 0 aliphatic rings. The van der Waals surface area contributed by atoms with E-state index in [1.807, 2.05) is 0 Å². The molecule has 0 radical (unpaired) electrons. The number of esters is 1. The van der Waals surface area contributed by atoms with Gasteiger partial charge in [0.2, 0.25) is 5.60 Å². The second-order valence-electron chi connectivity index (χ2n) is 3.07. The van der Waals surface area contributed by atoms with E-state index in [9.17, 15) is 19.2 Å². The summed E-state index contributed by atoms with van der Waals surface area (Å²) in [7, 11) is 0. The molecule has 0 amide bonds. The molecule has 0 heterocycles.